The maximum atomic E-state index is 13.1. The van der Waals surface area contributed by atoms with Crippen molar-refractivity contribution in [1.82, 2.24) is 5.32 Å². The number of allylic oxidation sites excluding steroid dienone is 1. The molecule has 4 unspecified atom stereocenters. The van der Waals surface area contributed by atoms with Crippen LogP contribution in [0.5, 0.6) is 0 Å². The van der Waals surface area contributed by atoms with Gasteiger partial charge in [0, 0.05) is 23.9 Å². The first-order valence-corrected chi connectivity index (χ1v) is 10.8. The van der Waals surface area contributed by atoms with Crippen LogP contribution in [0.4, 0.5) is 0 Å². The number of rotatable bonds is 2. The summed E-state index contributed by atoms with van der Waals surface area (Å²) in [5.41, 5.74) is -2.58. The van der Waals surface area contributed by atoms with Crippen molar-refractivity contribution in [2.24, 2.45) is 16.7 Å². The molecule has 5 atom stereocenters. The lowest BCUT2D eigenvalue weighted by Gasteiger charge is -2.46. The van der Waals surface area contributed by atoms with Gasteiger partial charge in [0.1, 0.15) is 0 Å². The molecule has 1 N–H and O–H groups in total. The van der Waals surface area contributed by atoms with E-state index in [9.17, 15) is 15.3 Å². The minimum Gasteiger partial charge on any atom is -0.464 e. The van der Waals surface area contributed by atoms with Crippen LogP contribution < -0.4 is 5.32 Å². The largest absolute Gasteiger partial charge is 0.464 e. The van der Waals surface area contributed by atoms with E-state index < -0.39 is 22.0 Å². The standard InChI is InChI=1S/C23H31N3O3/c1-5-28-19(27)23-9-8-22(29-23)12-21(13-24,14-25)15(2)10-16-6-7-17(26-16)11-18(22)20(23,3)4/h10,16-18,26H,5-9,11-12H2,1-4H3/b15-10+/t16?,17?,18-,22?,23?/m1/s1. The van der Waals surface area contributed by atoms with Crippen molar-refractivity contribution in [3.05, 3.63) is 11.6 Å². The fraction of sp³-hybridized carbons (Fsp3) is 0.783. The molecule has 4 aliphatic heterocycles. The zero-order chi connectivity index (χ0) is 21.1. The number of nitrogens with one attached hydrogen (secondary N) is 1. The smallest absolute Gasteiger partial charge is 0.339 e. The molecule has 0 aromatic heterocycles. The predicted molar refractivity (Wildman–Crippen MR) is 106 cm³/mol. The molecule has 0 aliphatic carbocycles. The van der Waals surface area contributed by atoms with E-state index in [1.165, 1.54) is 0 Å². The molecule has 0 radical (unpaired) electrons. The van der Waals surface area contributed by atoms with Crippen molar-refractivity contribution in [3.63, 3.8) is 0 Å². The summed E-state index contributed by atoms with van der Waals surface area (Å²) >= 11 is 0. The van der Waals surface area contributed by atoms with Gasteiger partial charge < -0.3 is 14.8 Å². The van der Waals surface area contributed by atoms with Crippen LogP contribution in [0.3, 0.4) is 0 Å². The third-order valence-electron chi connectivity index (χ3n) is 8.30. The first-order valence-electron chi connectivity index (χ1n) is 10.8. The molecule has 4 aliphatic rings. The number of fused-ring (bicyclic) bond motifs is 3. The van der Waals surface area contributed by atoms with Crippen LogP contribution in [-0.4, -0.2) is 35.9 Å². The zero-order valence-electron chi connectivity index (χ0n) is 17.9. The van der Waals surface area contributed by atoms with E-state index >= 15 is 0 Å². The third-order valence-corrected chi connectivity index (χ3v) is 8.30. The molecular formula is C23H31N3O3. The Labute approximate surface area is 173 Å². The van der Waals surface area contributed by atoms with Crippen molar-refractivity contribution in [1.29, 1.82) is 10.5 Å². The van der Waals surface area contributed by atoms with E-state index in [4.69, 9.17) is 9.47 Å². The molecule has 1 spiro atoms. The van der Waals surface area contributed by atoms with Gasteiger partial charge in [0.2, 0.25) is 0 Å². The molecule has 6 nitrogen and oxygen atoms in total. The molecule has 156 valence electrons. The van der Waals surface area contributed by atoms with Crippen LogP contribution in [-0.2, 0) is 14.3 Å². The highest BCUT2D eigenvalue weighted by Gasteiger charge is 2.75. The Kier molecular flexibility index (Phi) is 4.61. The van der Waals surface area contributed by atoms with Gasteiger partial charge in [-0.1, -0.05) is 19.9 Å². The summed E-state index contributed by atoms with van der Waals surface area (Å²) in [4.78, 5) is 13.1. The SMILES string of the molecule is CCOC(=O)C12CCC3(CC(C#N)(C#N)/C(C)=C/C4CCC(C[C@@H]3C1(C)C)N4)O2. The van der Waals surface area contributed by atoms with E-state index in [-0.39, 0.29) is 17.9 Å². The van der Waals surface area contributed by atoms with Crippen LogP contribution in [0.25, 0.3) is 0 Å². The topological polar surface area (TPSA) is 95.1 Å². The summed E-state index contributed by atoms with van der Waals surface area (Å²) in [6.45, 7) is 8.23. The average molecular weight is 398 g/mol. The maximum absolute atomic E-state index is 13.1. The molecule has 3 saturated heterocycles. The van der Waals surface area contributed by atoms with Gasteiger partial charge in [-0.05, 0) is 57.4 Å². The number of hydrogen-bond donors (Lipinski definition) is 1. The minimum absolute atomic E-state index is 0.0661. The van der Waals surface area contributed by atoms with E-state index in [0.717, 1.165) is 24.8 Å². The second-order valence-corrected chi connectivity index (χ2v) is 9.93. The van der Waals surface area contributed by atoms with Gasteiger partial charge in [-0.3, -0.25) is 0 Å². The highest BCUT2D eigenvalue weighted by atomic mass is 16.6. The normalized spacial score (nSPS) is 43.4. The zero-order valence-corrected chi connectivity index (χ0v) is 17.9. The molecule has 3 fully saturated rings. The van der Waals surface area contributed by atoms with Crippen LogP contribution >= 0.6 is 0 Å². The predicted octanol–water partition coefficient (Wildman–Crippen LogP) is 3.39. The number of esters is 1. The Hall–Kier alpha value is -1.89. The average Bonchev–Trinajstić information content (AvgIpc) is 3.33. The molecule has 4 rings (SSSR count). The van der Waals surface area contributed by atoms with Crippen molar-refractivity contribution in [2.75, 3.05) is 6.61 Å². The Morgan fingerprint density at radius 2 is 2.03 bits per heavy atom. The first kappa shape index (κ1) is 20.4. The fourth-order valence-corrected chi connectivity index (χ4v) is 6.65. The summed E-state index contributed by atoms with van der Waals surface area (Å²) in [6.07, 6.45) is 6.56. The molecule has 4 bridgehead atoms. The molecular weight excluding hydrogens is 366 g/mol. The monoisotopic (exact) mass is 397 g/mol. The van der Waals surface area contributed by atoms with Crippen LogP contribution in [0.2, 0.25) is 0 Å². The van der Waals surface area contributed by atoms with Gasteiger partial charge in [-0.15, -0.1) is 0 Å². The molecule has 29 heavy (non-hydrogen) atoms. The number of carbonyl (C=O) groups is 1. The number of nitrogens with zero attached hydrogens (tertiary/aromatic N) is 2. The van der Waals surface area contributed by atoms with Crippen LogP contribution in [0.1, 0.15) is 66.2 Å². The van der Waals surface area contributed by atoms with Gasteiger partial charge in [-0.25, -0.2) is 4.79 Å². The highest BCUT2D eigenvalue weighted by molar-refractivity contribution is 5.82. The van der Waals surface area contributed by atoms with E-state index in [1.807, 2.05) is 13.8 Å². The van der Waals surface area contributed by atoms with E-state index in [1.54, 1.807) is 0 Å². The molecule has 4 heterocycles. The lowest BCUT2D eigenvalue weighted by Crippen LogP contribution is -2.54. The van der Waals surface area contributed by atoms with Crippen molar-refractivity contribution < 1.29 is 14.3 Å². The molecule has 0 aromatic carbocycles. The van der Waals surface area contributed by atoms with Gasteiger partial charge in [0.25, 0.3) is 0 Å². The van der Waals surface area contributed by atoms with Gasteiger partial charge in [-0.2, -0.15) is 10.5 Å². The van der Waals surface area contributed by atoms with Crippen molar-refractivity contribution in [3.8, 4) is 12.1 Å². The molecule has 6 heteroatoms. The van der Waals surface area contributed by atoms with E-state index in [2.05, 4.69) is 37.4 Å². The molecule has 0 amide bonds. The minimum atomic E-state index is -1.25. The highest BCUT2D eigenvalue weighted by Crippen LogP contribution is 2.68. The second kappa shape index (κ2) is 6.56. The summed E-state index contributed by atoms with van der Waals surface area (Å²) < 4.78 is 12.2. The van der Waals surface area contributed by atoms with Gasteiger partial charge in [0.15, 0.2) is 11.0 Å². The summed E-state index contributed by atoms with van der Waals surface area (Å²) in [5.74, 6) is -0.232. The lowest BCUT2D eigenvalue weighted by atomic mass is 9.54. The van der Waals surface area contributed by atoms with Gasteiger partial charge >= 0.3 is 5.97 Å². The van der Waals surface area contributed by atoms with Crippen LogP contribution in [0.15, 0.2) is 11.6 Å². The summed E-state index contributed by atoms with van der Waals surface area (Å²) in [6, 6.07) is 5.19. The number of hydrogen-bond acceptors (Lipinski definition) is 6. The first-order chi connectivity index (χ1) is 13.7. The maximum Gasteiger partial charge on any atom is 0.339 e. The van der Waals surface area contributed by atoms with E-state index in [0.29, 0.717) is 31.9 Å². The lowest BCUT2D eigenvalue weighted by molar-refractivity contribution is -0.177. The van der Waals surface area contributed by atoms with Crippen molar-refractivity contribution in [2.45, 2.75) is 89.5 Å². The quantitative estimate of drug-likeness (QED) is 0.567. The third kappa shape index (κ3) is 2.62. The Bertz CT molecular complexity index is 821. The Balaban J connectivity index is 1.86. The number of nitriles is 2. The fourth-order valence-electron chi connectivity index (χ4n) is 6.65. The Morgan fingerprint density at radius 1 is 1.31 bits per heavy atom. The van der Waals surface area contributed by atoms with Crippen LogP contribution in [0, 0.1) is 39.4 Å². The second-order valence-electron chi connectivity index (χ2n) is 9.93. The number of carbonyl (C=O) groups excluding carboxylic acids is 1. The Morgan fingerprint density at radius 3 is 2.69 bits per heavy atom. The molecule has 0 aromatic rings. The summed E-state index contributed by atoms with van der Waals surface area (Å²) in [5, 5.41) is 23.9. The summed E-state index contributed by atoms with van der Waals surface area (Å²) in [7, 11) is 0. The molecule has 0 saturated carbocycles. The van der Waals surface area contributed by atoms with Gasteiger partial charge in [0.05, 0.1) is 24.3 Å². The van der Waals surface area contributed by atoms with Crippen molar-refractivity contribution >= 4 is 5.97 Å². The number of ether oxygens (including phenoxy) is 2.